The Bertz CT molecular complexity index is 510. The molecule has 0 aliphatic rings. The topological polar surface area (TPSA) is 48.1 Å². The van der Waals surface area contributed by atoms with E-state index in [4.69, 9.17) is 15.5 Å². The second kappa shape index (κ2) is 6.80. The van der Waals surface area contributed by atoms with Crippen molar-refractivity contribution in [1.29, 1.82) is 0 Å². The van der Waals surface area contributed by atoms with Crippen molar-refractivity contribution < 1.29 is 4.74 Å². The van der Waals surface area contributed by atoms with Gasteiger partial charge in [0.2, 0.25) is 0 Å². The second-order valence-corrected chi connectivity index (χ2v) is 5.52. The zero-order valence-corrected chi connectivity index (χ0v) is 12.2. The van der Waals surface area contributed by atoms with Gasteiger partial charge >= 0.3 is 0 Å². The highest BCUT2D eigenvalue weighted by molar-refractivity contribution is 7.12. The lowest BCUT2D eigenvalue weighted by Crippen LogP contribution is -2.00. The Morgan fingerprint density at radius 2 is 2.05 bits per heavy atom. The number of hydrogen-bond acceptors (Lipinski definition) is 4. The Morgan fingerprint density at radius 3 is 2.63 bits per heavy atom. The molecule has 1 unspecified atom stereocenters. The molecule has 0 bridgehead atoms. The first-order valence-electron chi connectivity index (χ1n) is 6.58. The van der Waals surface area contributed by atoms with Crippen LogP contribution in [0.1, 0.15) is 35.8 Å². The van der Waals surface area contributed by atoms with E-state index in [1.54, 1.807) is 18.4 Å². The molecule has 102 valence electrons. The number of aromatic nitrogens is 1. The average Bonchev–Trinajstić information content (AvgIpc) is 2.89. The average molecular weight is 276 g/mol. The van der Waals surface area contributed by atoms with Gasteiger partial charge in [0.05, 0.1) is 5.69 Å². The summed E-state index contributed by atoms with van der Waals surface area (Å²) in [6.45, 7) is 2.67. The highest BCUT2D eigenvalue weighted by atomic mass is 32.1. The fourth-order valence-corrected chi connectivity index (χ4v) is 3.15. The third kappa shape index (κ3) is 3.21. The number of nitrogens with zero attached hydrogens (tertiary/aromatic N) is 1. The van der Waals surface area contributed by atoms with E-state index < -0.39 is 0 Å². The number of thiazole rings is 1. The van der Waals surface area contributed by atoms with Crippen molar-refractivity contribution in [2.24, 2.45) is 5.73 Å². The zero-order valence-electron chi connectivity index (χ0n) is 11.4. The summed E-state index contributed by atoms with van der Waals surface area (Å²) in [5.41, 5.74) is 7.97. The summed E-state index contributed by atoms with van der Waals surface area (Å²) in [4.78, 5) is 5.88. The molecule has 1 heterocycles. The summed E-state index contributed by atoms with van der Waals surface area (Å²) in [5, 5.41) is 1.03. The quantitative estimate of drug-likeness (QED) is 0.874. The molecule has 0 saturated carbocycles. The predicted octanol–water partition coefficient (Wildman–Crippen LogP) is 3.76. The lowest BCUT2D eigenvalue weighted by Gasteiger charge is -2.10. The largest absolute Gasteiger partial charge is 0.374 e. The number of methoxy groups -OCH3 is 1. The van der Waals surface area contributed by atoms with E-state index in [9.17, 15) is 0 Å². The monoisotopic (exact) mass is 276 g/mol. The number of hydrogen-bond donors (Lipinski definition) is 1. The molecule has 0 fully saturated rings. The Hall–Kier alpha value is -1.23. The first kappa shape index (κ1) is 14.2. The van der Waals surface area contributed by atoms with Crippen LogP contribution < -0.4 is 5.73 Å². The maximum Gasteiger partial charge on any atom is 0.123 e. The molecule has 0 aliphatic carbocycles. The molecule has 19 heavy (non-hydrogen) atoms. The first-order chi connectivity index (χ1) is 9.30. The third-order valence-corrected chi connectivity index (χ3v) is 4.23. The minimum Gasteiger partial charge on any atom is -0.374 e. The van der Waals surface area contributed by atoms with Crippen molar-refractivity contribution in [3.63, 3.8) is 0 Å². The van der Waals surface area contributed by atoms with E-state index in [-0.39, 0.29) is 6.10 Å². The van der Waals surface area contributed by atoms with Gasteiger partial charge in [0.25, 0.3) is 0 Å². The van der Waals surface area contributed by atoms with E-state index in [1.165, 1.54) is 0 Å². The van der Waals surface area contributed by atoms with Gasteiger partial charge < -0.3 is 10.5 Å². The van der Waals surface area contributed by atoms with Crippen molar-refractivity contribution >= 4 is 11.3 Å². The Labute approximate surface area is 118 Å². The van der Waals surface area contributed by atoms with Crippen molar-refractivity contribution in [2.75, 3.05) is 7.11 Å². The molecule has 1 atom stereocenters. The Morgan fingerprint density at radius 1 is 1.32 bits per heavy atom. The van der Waals surface area contributed by atoms with Gasteiger partial charge in [-0.2, -0.15) is 0 Å². The summed E-state index contributed by atoms with van der Waals surface area (Å²) >= 11 is 1.67. The van der Waals surface area contributed by atoms with Crippen LogP contribution in [-0.2, 0) is 11.3 Å². The van der Waals surface area contributed by atoms with Crippen molar-refractivity contribution in [3.8, 4) is 11.3 Å². The highest BCUT2D eigenvalue weighted by Gasteiger charge is 2.18. The summed E-state index contributed by atoms with van der Waals surface area (Å²) < 4.78 is 5.53. The van der Waals surface area contributed by atoms with Crippen LogP contribution in [0, 0.1) is 0 Å². The van der Waals surface area contributed by atoms with Gasteiger partial charge in [0, 0.05) is 24.1 Å². The van der Waals surface area contributed by atoms with Gasteiger partial charge in [-0.15, -0.1) is 11.3 Å². The molecule has 0 saturated heterocycles. The van der Waals surface area contributed by atoms with Crippen LogP contribution in [0.2, 0.25) is 0 Å². The van der Waals surface area contributed by atoms with Crippen molar-refractivity contribution in [2.45, 2.75) is 32.4 Å². The van der Waals surface area contributed by atoms with Crippen LogP contribution in [-0.4, -0.2) is 12.1 Å². The van der Waals surface area contributed by atoms with Crippen LogP contribution in [0.25, 0.3) is 11.3 Å². The standard InChI is InChI=1S/C15H20N2OS/c1-3-7-12(18-2)15-17-14(13(10-16)19-15)11-8-5-4-6-9-11/h4-6,8-9,12H,3,7,10,16H2,1-2H3. The minimum absolute atomic E-state index is 0.0813. The molecule has 4 heteroatoms. The zero-order chi connectivity index (χ0) is 13.7. The summed E-state index contributed by atoms with van der Waals surface area (Å²) in [6, 6.07) is 10.2. The maximum atomic E-state index is 5.85. The molecule has 0 aliphatic heterocycles. The van der Waals surface area contributed by atoms with E-state index in [0.717, 1.165) is 34.0 Å². The molecular formula is C15H20N2OS. The van der Waals surface area contributed by atoms with E-state index in [0.29, 0.717) is 6.54 Å². The highest BCUT2D eigenvalue weighted by Crippen LogP contribution is 2.33. The van der Waals surface area contributed by atoms with Crippen molar-refractivity contribution in [1.82, 2.24) is 4.98 Å². The molecule has 2 rings (SSSR count). The second-order valence-electron chi connectivity index (χ2n) is 4.41. The van der Waals surface area contributed by atoms with Gasteiger partial charge in [0.15, 0.2) is 0 Å². The van der Waals surface area contributed by atoms with Gasteiger partial charge in [0.1, 0.15) is 11.1 Å². The predicted molar refractivity (Wildman–Crippen MR) is 80.1 cm³/mol. The fraction of sp³-hybridized carbons (Fsp3) is 0.400. The smallest absolute Gasteiger partial charge is 0.123 e. The molecule has 0 spiro atoms. The normalized spacial score (nSPS) is 12.6. The van der Waals surface area contributed by atoms with Crippen LogP contribution in [0.3, 0.4) is 0 Å². The number of rotatable bonds is 6. The molecule has 1 aromatic heterocycles. The van der Waals surface area contributed by atoms with Crippen LogP contribution in [0.5, 0.6) is 0 Å². The van der Waals surface area contributed by atoms with Gasteiger partial charge in [-0.1, -0.05) is 43.7 Å². The molecule has 3 nitrogen and oxygen atoms in total. The minimum atomic E-state index is 0.0813. The number of benzene rings is 1. The Kier molecular flexibility index (Phi) is 5.07. The molecule has 1 aromatic carbocycles. The lowest BCUT2D eigenvalue weighted by molar-refractivity contribution is 0.0948. The van der Waals surface area contributed by atoms with Crippen LogP contribution in [0.4, 0.5) is 0 Å². The molecule has 2 N–H and O–H groups in total. The lowest BCUT2D eigenvalue weighted by atomic mass is 10.1. The van der Waals surface area contributed by atoms with E-state index >= 15 is 0 Å². The molecular weight excluding hydrogens is 256 g/mol. The van der Waals surface area contributed by atoms with Gasteiger partial charge in [-0.05, 0) is 6.42 Å². The fourth-order valence-electron chi connectivity index (χ4n) is 2.07. The molecule has 2 aromatic rings. The number of ether oxygens (including phenoxy) is 1. The Balaban J connectivity index is 2.37. The van der Waals surface area contributed by atoms with Gasteiger partial charge in [-0.25, -0.2) is 4.98 Å². The van der Waals surface area contributed by atoms with E-state index in [2.05, 4.69) is 19.1 Å². The van der Waals surface area contributed by atoms with E-state index in [1.807, 2.05) is 18.2 Å². The van der Waals surface area contributed by atoms with Crippen molar-refractivity contribution in [3.05, 3.63) is 40.2 Å². The third-order valence-electron chi connectivity index (χ3n) is 3.06. The summed E-state index contributed by atoms with van der Waals surface area (Å²) in [5.74, 6) is 0. The van der Waals surface area contributed by atoms with Crippen LogP contribution >= 0.6 is 11.3 Å². The summed E-state index contributed by atoms with van der Waals surface area (Å²) in [6.07, 6.45) is 2.15. The molecule has 0 amide bonds. The van der Waals surface area contributed by atoms with Crippen LogP contribution in [0.15, 0.2) is 30.3 Å². The molecule has 0 radical (unpaired) electrons. The number of nitrogens with two attached hydrogens (primary N) is 1. The first-order valence-corrected chi connectivity index (χ1v) is 7.39. The SMILES string of the molecule is CCCC(OC)c1nc(-c2ccccc2)c(CN)s1. The van der Waals surface area contributed by atoms with Gasteiger partial charge in [-0.3, -0.25) is 0 Å². The summed E-state index contributed by atoms with van der Waals surface area (Å²) in [7, 11) is 1.74. The maximum absolute atomic E-state index is 5.85.